The van der Waals surface area contributed by atoms with E-state index in [1.54, 1.807) is 48.9 Å². The van der Waals surface area contributed by atoms with E-state index < -0.39 is 15.1 Å². The second-order valence-corrected chi connectivity index (χ2v) is 7.28. The molecule has 19 heavy (non-hydrogen) atoms. The molecule has 0 saturated heterocycles. The molecular formula is C13H15NO3S2. The Bertz CT molecular complexity index is 636. The van der Waals surface area contributed by atoms with E-state index in [0.29, 0.717) is 15.5 Å². The van der Waals surface area contributed by atoms with Gasteiger partial charge in [0.25, 0.3) is 0 Å². The first-order valence-electron chi connectivity index (χ1n) is 5.71. The third-order valence-electron chi connectivity index (χ3n) is 2.83. The van der Waals surface area contributed by atoms with Crippen LogP contribution < -0.4 is 10.5 Å². The molecule has 4 nitrogen and oxygen atoms in total. The average molecular weight is 297 g/mol. The van der Waals surface area contributed by atoms with E-state index in [2.05, 4.69) is 0 Å². The second-order valence-electron chi connectivity index (χ2n) is 3.98. The van der Waals surface area contributed by atoms with Crippen molar-refractivity contribution in [3.63, 3.8) is 0 Å². The smallest absolute Gasteiger partial charge is 0.195 e. The van der Waals surface area contributed by atoms with E-state index in [-0.39, 0.29) is 6.54 Å². The number of nitrogens with two attached hydrogens (primary N) is 1. The summed E-state index contributed by atoms with van der Waals surface area (Å²) in [5.74, 6) is 0.623. The van der Waals surface area contributed by atoms with Crippen molar-refractivity contribution in [1.82, 2.24) is 0 Å². The Morgan fingerprint density at radius 3 is 2.68 bits per heavy atom. The Labute approximate surface area is 116 Å². The van der Waals surface area contributed by atoms with Crippen LogP contribution in [0.25, 0.3) is 0 Å². The van der Waals surface area contributed by atoms with Crippen molar-refractivity contribution >= 4 is 21.2 Å². The molecule has 0 amide bonds. The molecule has 1 heterocycles. The third-order valence-corrected chi connectivity index (χ3v) is 6.39. The monoisotopic (exact) mass is 297 g/mol. The maximum absolute atomic E-state index is 12.5. The van der Waals surface area contributed by atoms with Crippen LogP contribution in [0.3, 0.4) is 0 Å². The first kappa shape index (κ1) is 14.0. The van der Waals surface area contributed by atoms with Crippen molar-refractivity contribution in [2.45, 2.75) is 9.46 Å². The molecule has 1 atom stereocenters. The molecule has 2 aromatic rings. The molecule has 102 valence electrons. The number of hydrogen-bond donors (Lipinski definition) is 1. The van der Waals surface area contributed by atoms with Crippen molar-refractivity contribution in [2.75, 3.05) is 13.7 Å². The lowest BCUT2D eigenvalue weighted by Gasteiger charge is -2.15. The first-order chi connectivity index (χ1) is 9.09. The van der Waals surface area contributed by atoms with Gasteiger partial charge >= 0.3 is 0 Å². The minimum Gasteiger partial charge on any atom is -0.497 e. The summed E-state index contributed by atoms with van der Waals surface area (Å²) in [6.45, 7) is 0.0351. The highest BCUT2D eigenvalue weighted by atomic mass is 32.2. The quantitative estimate of drug-likeness (QED) is 0.919. The summed E-state index contributed by atoms with van der Waals surface area (Å²) < 4.78 is 30.5. The standard InChI is InChI=1S/C13H15NO3S2/c1-17-11-5-2-4-10(8-11)12(9-14)19(15,16)13-6-3-7-18-13/h2-8,12H,9,14H2,1H3. The van der Waals surface area contributed by atoms with E-state index in [4.69, 9.17) is 10.5 Å². The zero-order valence-electron chi connectivity index (χ0n) is 10.4. The minimum absolute atomic E-state index is 0.0351. The second kappa shape index (κ2) is 5.73. The first-order valence-corrected chi connectivity index (χ1v) is 8.13. The third kappa shape index (κ3) is 2.80. The predicted octanol–water partition coefficient (Wildman–Crippen LogP) is 2.23. The van der Waals surface area contributed by atoms with Crippen LogP contribution in [-0.2, 0) is 9.84 Å². The molecular weight excluding hydrogens is 282 g/mol. The van der Waals surface area contributed by atoms with Gasteiger partial charge in [0.1, 0.15) is 15.2 Å². The molecule has 6 heteroatoms. The van der Waals surface area contributed by atoms with Gasteiger partial charge in [-0.25, -0.2) is 8.42 Å². The molecule has 2 rings (SSSR count). The van der Waals surface area contributed by atoms with Gasteiger partial charge in [0, 0.05) is 6.54 Å². The number of thiophene rings is 1. The van der Waals surface area contributed by atoms with Crippen LogP contribution in [0.2, 0.25) is 0 Å². The molecule has 0 aliphatic rings. The van der Waals surface area contributed by atoms with Crippen LogP contribution in [-0.4, -0.2) is 22.1 Å². The van der Waals surface area contributed by atoms with Crippen molar-refractivity contribution in [2.24, 2.45) is 5.73 Å². The maximum atomic E-state index is 12.5. The van der Waals surface area contributed by atoms with E-state index in [9.17, 15) is 8.42 Å². The SMILES string of the molecule is COc1cccc(C(CN)S(=O)(=O)c2cccs2)c1. The molecule has 0 radical (unpaired) electrons. The Balaban J connectivity index is 2.45. The Morgan fingerprint density at radius 2 is 2.11 bits per heavy atom. The number of ether oxygens (including phenoxy) is 1. The Kier molecular flexibility index (Phi) is 4.24. The summed E-state index contributed by atoms with van der Waals surface area (Å²) in [5, 5.41) is 0.993. The molecule has 0 bridgehead atoms. The molecule has 1 unspecified atom stereocenters. The number of methoxy groups -OCH3 is 1. The van der Waals surface area contributed by atoms with Crippen molar-refractivity contribution in [3.8, 4) is 5.75 Å². The zero-order valence-corrected chi connectivity index (χ0v) is 12.1. The summed E-state index contributed by atoms with van der Waals surface area (Å²) in [7, 11) is -1.90. The van der Waals surface area contributed by atoms with Crippen LogP contribution in [0.4, 0.5) is 0 Å². The number of hydrogen-bond acceptors (Lipinski definition) is 5. The molecule has 0 spiro atoms. The number of sulfone groups is 1. The lowest BCUT2D eigenvalue weighted by atomic mass is 10.1. The molecule has 0 fully saturated rings. The van der Waals surface area contributed by atoms with Crippen molar-refractivity contribution in [1.29, 1.82) is 0 Å². The molecule has 0 saturated carbocycles. The zero-order chi connectivity index (χ0) is 13.9. The summed E-state index contributed by atoms with van der Waals surface area (Å²) in [6, 6.07) is 10.3. The fraction of sp³-hybridized carbons (Fsp3) is 0.231. The van der Waals surface area contributed by atoms with E-state index in [0.717, 1.165) is 0 Å². The molecule has 0 aliphatic carbocycles. The van der Waals surface area contributed by atoms with Gasteiger partial charge in [0.2, 0.25) is 0 Å². The lowest BCUT2D eigenvalue weighted by molar-refractivity contribution is 0.414. The van der Waals surface area contributed by atoms with Crippen LogP contribution in [0, 0.1) is 0 Å². The molecule has 1 aromatic heterocycles. The van der Waals surface area contributed by atoms with Gasteiger partial charge in [-0.2, -0.15) is 0 Å². The maximum Gasteiger partial charge on any atom is 0.195 e. The largest absolute Gasteiger partial charge is 0.497 e. The molecule has 2 N–H and O–H groups in total. The van der Waals surface area contributed by atoms with E-state index in [1.165, 1.54) is 11.3 Å². The summed E-state index contributed by atoms with van der Waals surface area (Å²) in [5.41, 5.74) is 6.32. The average Bonchev–Trinajstić information content (AvgIpc) is 2.94. The van der Waals surface area contributed by atoms with Gasteiger partial charge in [0.05, 0.1) is 7.11 Å². The molecule has 0 aliphatic heterocycles. The van der Waals surface area contributed by atoms with Gasteiger partial charge < -0.3 is 10.5 Å². The normalized spacial score (nSPS) is 13.2. The van der Waals surface area contributed by atoms with Gasteiger partial charge in [-0.1, -0.05) is 18.2 Å². The summed E-state index contributed by atoms with van der Waals surface area (Å²) in [6.07, 6.45) is 0. The predicted molar refractivity (Wildman–Crippen MR) is 76.3 cm³/mol. The van der Waals surface area contributed by atoms with Crippen LogP contribution in [0.5, 0.6) is 5.75 Å². The highest BCUT2D eigenvalue weighted by Gasteiger charge is 2.28. The van der Waals surface area contributed by atoms with E-state index in [1.807, 2.05) is 0 Å². The highest BCUT2D eigenvalue weighted by molar-refractivity contribution is 7.93. The summed E-state index contributed by atoms with van der Waals surface area (Å²) in [4.78, 5) is 0. The Morgan fingerprint density at radius 1 is 1.32 bits per heavy atom. The number of rotatable bonds is 5. The van der Waals surface area contributed by atoms with Crippen LogP contribution >= 0.6 is 11.3 Å². The minimum atomic E-state index is -3.45. The lowest BCUT2D eigenvalue weighted by Crippen LogP contribution is -2.21. The fourth-order valence-corrected chi connectivity index (χ4v) is 4.66. The van der Waals surface area contributed by atoms with Gasteiger partial charge in [0.15, 0.2) is 9.84 Å². The van der Waals surface area contributed by atoms with Crippen molar-refractivity contribution in [3.05, 3.63) is 47.3 Å². The van der Waals surface area contributed by atoms with Crippen molar-refractivity contribution < 1.29 is 13.2 Å². The molecule has 1 aromatic carbocycles. The van der Waals surface area contributed by atoms with Gasteiger partial charge in [-0.15, -0.1) is 11.3 Å². The Hall–Kier alpha value is -1.37. The fourth-order valence-electron chi connectivity index (χ4n) is 1.85. The topological polar surface area (TPSA) is 69.4 Å². The van der Waals surface area contributed by atoms with Crippen LogP contribution in [0.1, 0.15) is 10.8 Å². The van der Waals surface area contributed by atoms with Gasteiger partial charge in [-0.05, 0) is 29.1 Å². The highest BCUT2D eigenvalue weighted by Crippen LogP contribution is 2.32. The van der Waals surface area contributed by atoms with E-state index >= 15 is 0 Å². The van der Waals surface area contributed by atoms with Crippen LogP contribution in [0.15, 0.2) is 46.0 Å². The van der Waals surface area contributed by atoms with Gasteiger partial charge in [-0.3, -0.25) is 0 Å². The number of benzene rings is 1. The summed E-state index contributed by atoms with van der Waals surface area (Å²) >= 11 is 1.20.